The van der Waals surface area contributed by atoms with Crippen molar-refractivity contribution in [1.29, 1.82) is 0 Å². The molecule has 0 bridgehead atoms. The van der Waals surface area contributed by atoms with Crippen molar-refractivity contribution >= 4 is 17.5 Å². The molecule has 0 aliphatic carbocycles. The Morgan fingerprint density at radius 1 is 0.818 bits per heavy atom. The molecule has 0 saturated carbocycles. The molecule has 0 spiro atoms. The van der Waals surface area contributed by atoms with Crippen molar-refractivity contribution < 1.29 is 9.59 Å². The van der Waals surface area contributed by atoms with E-state index in [-0.39, 0.29) is 11.8 Å². The second-order valence-electron chi connectivity index (χ2n) is 5.96. The van der Waals surface area contributed by atoms with E-state index in [2.05, 4.69) is 34.1 Å². The van der Waals surface area contributed by atoms with Crippen molar-refractivity contribution in [2.45, 2.75) is 19.3 Å². The van der Waals surface area contributed by atoms with E-state index >= 15 is 0 Å². The Balaban J connectivity index is 1.50. The van der Waals surface area contributed by atoms with Crippen LogP contribution < -0.4 is 4.90 Å². The van der Waals surface area contributed by atoms with Crippen molar-refractivity contribution in [3.8, 4) is 0 Å². The summed E-state index contributed by atoms with van der Waals surface area (Å²) in [5.41, 5.74) is 1.27. The third-order valence-electron chi connectivity index (χ3n) is 4.50. The number of rotatable bonds is 4. The Labute approximate surface area is 131 Å². The van der Waals surface area contributed by atoms with Crippen LogP contribution in [-0.4, -0.2) is 60.9 Å². The molecule has 1 aromatic carbocycles. The minimum atomic E-state index is -0.00858. The highest BCUT2D eigenvalue weighted by molar-refractivity contribution is 6.01. The number of imide groups is 1. The van der Waals surface area contributed by atoms with Gasteiger partial charge in [0.1, 0.15) is 0 Å². The fourth-order valence-electron chi connectivity index (χ4n) is 3.21. The molecule has 5 nitrogen and oxygen atoms in total. The smallest absolute Gasteiger partial charge is 0.229 e. The van der Waals surface area contributed by atoms with Gasteiger partial charge in [0.25, 0.3) is 0 Å². The normalized spacial score (nSPS) is 20.5. The fraction of sp³-hybridized carbons (Fsp3) is 0.529. The van der Waals surface area contributed by atoms with Gasteiger partial charge in [-0.15, -0.1) is 0 Å². The molecule has 2 aliphatic rings. The number of anilines is 1. The van der Waals surface area contributed by atoms with E-state index in [1.807, 2.05) is 6.07 Å². The molecule has 22 heavy (non-hydrogen) atoms. The van der Waals surface area contributed by atoms with Crippen LogP contribution in [0.3, 0.4) is 0 Å². The van der Waals surface area contributed by atoms with E-state index in [0.29, 0.717) is 19.4 Å². The molecule has 2 amide bonds. The number of carbonyl (C=O) groups excluding carboxylic acids is 2. The number of amides is 2. The van der Waals surface area contributed by atoms with Gasteiger partial charge in [-0.3, -0.25) is 19.4 Å². The number of likely N-dealkylation sites (tertiary alicyclic amines) is 1. The predicted octanol–water partition coefficient (Wildman–Crippen LogP) is 1.35. The van der Waals surface area contributed by atoms with E-state index in [4.69, 9.17) is 0 Å². The van der Waals surface area contributed by atoms with Gasteiger partial charge in [-0.25, -0.2) is 0 Å². The molecule has 2 aliphatic heterocycles. The van der Waals surface area contributed by atoms with Crippen LogP contribution in [0.2, 0.25) is 0 Å². The second kappa shape index (κ2) is 6.92. The molecule has 3 rings (SSSR count). The monoisotopic (exact) mass is 301 g/mol. The first-order chi connectivity index (χ1) is 10.7. The molecule has 2 fully saturated rings. The summed E-state index contributed by atoms with van der Waals surface area (Å²) in [5, 5.41) is 0. The number of nitrogens with zero attached hydrogens (tertiary/aromatic N) is 3. The summed E-state index contributed by atoms with van der Waals surface area (Å²) >= 11 is 0. The third kappa shape index (κ3) is 3.47. The minimum Gasteiger partial charge on any atom is -0.370 e. The lowest BCUT2D eigenvalue weighted by Gasteiger charge is -2.24. The van der Waals surface area contributed by atoms with Crippen molar-refractivity contribution in [2.75, 3.05) is 44.2 Å². The highest BCUT2D eigenvalue weighted by atomic mass is 16.2. The predicted molar refractivity (Wildman–Crippen MR) is 85.7 cm³/mol. The lowest BCUT2D eigenvalue weighted by Crippen LogP contribution is -2.39. The summed E-state index contributed by atoms with van der Waals surface area (Å²) in [6.45, 7) is 5.39. The maximum atomic E-state index is 11.6. The number of carbonyl (C=O) groups is 2. The Morgan fingerprint density at radius 2 is 1.55 bits per heavy atom. The minimum absolute atomic E-state index is 0.00858. The van der Waals surface area contributed by atoms with Crippen LogP contribution in [0.1, 0.15) is 19.3 Å². The SMILES string of the molecule is O=C1CCC(=O)N1CCN1CCCN(c2ccccc2)CC1. The third-order valence-corrected chi connectivity index (χ3v) is 4.50. The zero-order valence-electron chi connectivity index (χ0n) is 12.9. The van der Waals surface area contributed by atoms with Crippen LogP contribution in [0.25, 0.3) is 0 Å². The fourth-order valence-corrected chi connectivity index (χ4v) is 3.21. The van der Waals surface area contributed by atoms with Crippen molar-refractivity contribution in [1.82, 2.24) is 9.80 Å². The van der Waals surface area contributed by atoms with E-state index in [9.17, 15) is 9.59 Å². The van der Waals surface area contributed by atoms with Gasteiger partial charge >= 0.3 is 0 Å². The van der Waals surface area contributed by atoms with Crippen LogP contribution in [0.4, 0.5) is 5.69 Å². The first kappa shape index (κ1) is 15.0. The lowest BCUT2D eigenvalue weighted by atomic mass is 10.3. The van der Waals surface area contributed by atoms with Gasteiger partial charge in [-0.1, -0.05) is 18.2 Å². The second-order valence-corrected chi connectivity index (χ2v) is 5.96. The van der Waals surface area contributed by atoms with Crippen molar-refractivity contribution in [3.05, 3.63) is 30.3 Å². The Hall–Kier alpha value is -1.88. The summed E-state index contributed by atoms with van der Waals surface area (Å²) in [6, 6.07) is 10.5. The molecule has 0 aromatic heterocycles. The number of para-hydroxylation sites is 1. The van der Waals surface area contributed by atoms with Gasteiger partial charge in [0, 0.05) is 51.3 Å². The van der Waals surface area contributed by atoms with E-state index in [1.165, 1.54) is 10.6 Å². The average molecular weight is 301 g/mol. The summed E-state index contributed by atoms with van der Waals surface area (Å²) in [6.07, 6.45) is 1.89. The Bertz CT molecular complexity index is 516. The molecule has 2 saturated heterocycles. The summed E-state index contributed by atoms with van der Waals surface area (Å²) < 4.78 is 0. The van der Waals surface area contributed by atoms with E-state index < -0.39 is 0 Å². The highest BCUT2D eigenvalue weighted by Gasteiger charge is 2.28. The number of hydrogen-bond acceptors (Lipinski definition) is 4. The van der Waals surface area contributed by atoms with Gasteiger partial charge in [0.15, 0.2) is 0 Å². The standard InChI is InChI=1S/C17H23N3O2/c21-16-7-8-17(22)20(16)14-12-18-9-4-10-19(13-11-18)15-5-2-1-3-6-15/h1-3,5-6H,4,7-14H2. The molecule has 5 heteroatoms. The van der Waals surface area contributed by atoms with Crippen molar-refractivity contribution in [2.24, 2.45) is 0 Å². The lowest BCUT2D eigenvalue weighted by molar-refractivity contribution is -0.138. The van der Waals surface area contributed by atoms with Gasteiger partial charge < -0.3 is 4.90 Å². The quantitative estimate of drug-likeness (QED) is 0.788. The molecule has 0 atom stereocenters. The first-order valence-electron chi connectivity index (χ1n) is 8.09. The van der Waals surface area contributed by atoms with E-state index in [1.54, 1.807) is 0 Å². The molecule has 2 heterocycles. The molecule has 0 unspecified atom stereocenters. The Morgan fingerprint density at radius 3 is 2.27 bits per heavy atom. The van der Waals surface area contributed by atoms with Crippen molar-refractivity contribution in [3.63, 3.8) is 0 Å². The van der Waals surface area contributed by atoms with Crippen LogP contribution in [0, 0.1) is 0 Å². The van der Waals surface area contributed by atoms with Crippen LogP contribution >= 0.6 is 0 Å². The van der Waals surface area contributed by atoms with E-state index in [0.717, 1.165) is 39.1 Å². The molecule has 0 radical (unpaired) electrons. The summed E-state index contributed by atoms with van der Waals surface area (Å²) in [7, 11) is 0. The molecule has 118 valence electrons. The largest absolute Gasteiger partial charge is 0.370 e. The first-order valence-corrected chi connectivity index (χ1v) is 8.09. The maximum absolute atomic E-state index is 11.6. The summed E-state index contributed by atoms with van der Waals surface area (Å²) in [4.78, 5) is 29.5. The molecular weight excluding hydrogens is 278 g/mol. The number of hydrogen-bond donors (Lipinski definition) is 0. The zero-order valence-corrected chi connectivity index (χ0v) is 12.9. The van der Waals surface area contributed by atoms with Crippen LogP contribution in [0.5, 0.6) is 0 Å². The molecular formula is C17H23N3O2. The number of benzene rings is 1. The van der Waals surface area contributed by atoms with Gasteiger partial charge in [-0.2, -0.15) is 0 Å². The zero-order chi connectivity index (χ0) is 15.4. The van der Waals surface area contributed by atoms with Gasteiger partial charge in [-0.05, 0) is 25.1 Å². The topological polar surface area (TPSA) is 43.9 Å². The van der Waals surface area contributed by atoms with Gasteiger partial charge in [0.05, 0.1) is 0 Å². The summed E-state index contributed by atoms with van der Waals surface area (Å²) in [5.74, 6) is -0.0172. The average Bonchev–Trinajstić information content (AvgIpc) is 2.75. The van der Waals surface area contributed by atoms with Gasteiger partial charge in [0.2, 0.25) is 11.8 Å². The maximum Gasteiger partial charge on any atom is 0.229 e. The molecule has 0 N–H and O–H groups in total. The highest BCUT2D eigenvalue weighted by Crippen LogP contribution is 2.16. The van der Waals surface area contributed by atoms with Crippen LogP contribution in [0.15, 0.2) is 30.3 Å². The molecule has 1 aromatic rings. The van der Waals surface area contributed by atoms with Crippen LogP contribution in [-0.2, 0) is 9.59 Å². The Kier molecular flexibility index (Phi) is 4.73.